The number of halogens is 1. The molecule has 0 radical (unpaired) electrons. The fraction of sp³-hybridized carbons (Fsp3) is 0.417. The number of benzene rings is 1. The first-order valence-electron chi connectivity index (χ1n) is 5.04. The van der Waals surface area contributed by atoms with Gasteiger partial charge in [0.1, 0.15) is 0 Å². The van der Waals surface area contributed by atoms with Crippen molar-refractivity contribution < 1.29 is 9.90 Å². The van der Waals surface area contributed by atoms with Gasteiger partial charge in [0.2, 0.25) is 0 Å². The fourth-order valence-electron chi connectivity index (χ4n) is 1.50. The molecular formula is C12H16BrNO2. The Morgan fingerprint density at radius 3 is 2.31 bits per heavy atom. The number of carboxylic acid groups (broad SMARTS) is 1. The van der Waals surface area contributed by atoms with Gasteiger partial charge >= 0.3 is 5.97 Å². The van der Waals surface area contributed by atoms with Crippen LogP contribution in [0.15, 0.2) is 28.7 Å². The van der Waals surface area contributed by atoms with Gasteiger partial charge in [-0.25, -0.2) is 0 Å². The molecule has 0 amide bonds. The molecular weight excluding hydrogens is 270 g/mol. The monoisotopic (exact) mass is 285 g/mol. The van der Waals surface area contributed by atoms with E-state index < -0.39 is 11.5 Å². The molecule has 0 fully saturated rings. The minimum atomic E-state index is -0.783. The number of carboxylic acids is 1. The van der Waals surface area contributed by atoms with Crippen LogP contribution in [0.2, 0.25) is 0 Å². The van der Waals surface area contributed by atoms with Crippen molar-refractivity contribution in [2.24, 2.45) is 0 Å². The minimum Gasteiger partial charge on any atom is -0.481 e. The molecule has 88 valence electrons. The van der Waals surface area contributed by atoms with Crippen LogP contribution in [-0.4, -0.2) is 23.7 Å². The first-order chi connectivity index (χ1) is 7.33. The van der Waals surface area contributed by atoms with Gasteiger partial charge in [-0.05, 0) is 38.1 Å². The Hall–Kier alpha value is -1.03. The van der Waals surface area contributed by atoms with E-state index in [9.17, 15) is 4.79 Å². The summed E-state index contributed by atoms with van der Waals surface area (Å²) in [6.45, 7) is 3.84. The number of hydrogen-bond acceptors (Lipinski definition) is 2. The van der Waals surface area contributed by atoms with Gasteiger partial charge in [-0.15, -0.1) is 0 Å². The molecule has 0 bridgehead atoms. The second-order valence-corrected chi connectivity index (χ2v) is 5.33. The second kappa shape index (κ2) is 4.87. The van der Waals surface area contributed by atoms with Crippen molar-refractivity contribution >= 4 is 27.6 Å². The third kappa shape index (κ3) is 3.23. The summed E-state index contributed by atoms with van der Waals surface area (Å²) in [4.78, 5) is 12.8. The number of aliphatic carboxylic acids is 1. The number of carbonyl (C=O) groups is 1. The molecule has 1 aromatic rings. The maximum Gasteiger partial charge on any atom is 0.305 e. The summed E-state index contributed by atoms with van der Waals surface area (Å²) in [5.41, 5.74) is 0.606. The summed E-state index contributed by atoms with van der Waals surface area (Å²) in [5, 5.41) is 8.85. The van der Waals surface area contributed by atoms with Gasteiger partial charge in [0, 0.05) is 22.7 Å². The minimum absolute atomic E-state index is 0.111. The largest absolute Gasteiger partial charge is 0.481 e. The number of anilines is 1. The average molecular weight is 286 g/mol. The Balaban J connectivity index is 2.88. The van der Waals surface area contributed by atoms with E-state index in [0.717, 1.165) is 10.2 Å². The maximum absolute atomic E-state index is 10.8. The summed E-state index contributed by atoms with van der Waals surface area (Å²) in [6.07, 6.45) is 0.111. The average Bonchev–Trinajstić information content (AvgIpc) is 2.16. The normalized spacial score (nSPS) is 11.2. The molecule has 0 aromatic heterocycles. The number of hydrogen-bond donors (Lipinski definition) is 1. The standard InChI is InChI=1S/C12H16BrNO2/c1-12(2,8-11(15)16)14(3)10-6-4-9(13)5-7-10/h4-7H,8H2,1-3H3,(H,15,16). The molecule has 0 heterocycles. The Morgan fingerprint density at radius 1 is 1.38 bits per heavy atom. The van der Waals surface area contributed by atoms with Crippen molar-refractivity contribution in [3.63, 3.8) is 0 Å². The Labute approximate surface area is 104 Å². The molecule has 0 aliphatic rings. The van der Waals surface area contributed by atoms with Crippen LogP contribution in [0, 0.1) is 0 Å². The maximum atomic E-state index is 10.8. The van der Waals surface area contributed by atoms with Gasteiger partial charge in [0.05, 0.1) is 6.42 Å². The van der Waals surface area contributed by atoms with Crippen LogP contribution in [0.5, 0.6) is 0 Å². The van der Waals surface area contributed by atoms with Crippen molar-refractivity contribution in [3.8, 4) is 0 Å². The Bertz CT molecular complexity index is 373. The van der Waals surface area contributed by atoms with Crippen molar-refractivity contribution in [1.82, 2.24) is 0 Å². The van der Waals surface area contributed by atoms with Gasteiger partial charge in [-0.1, -0.05) is 15.9 Å². The summed E-state index contributed by atoms with van der Waals surface area (Å²) in [6, 6.07) is 7.83. The molecule has 1 rings (SSSR count). The molecule has 0 spiro atoms. The van der Waals surface area contributed by atoms with Gasteiger partial charge < -0.3 is 10.0 Å². The number of nitrogens with zero attached hydrogens (tertiary/aromatic N) is 1. The Morgan fingerprint density at radius 2 is 1.88 bits per heavy atom. The van der Waals surface area contributed by atoms with E-state index in [1.807, 2.05) is 50.1 Å². The fourth-order valence-corrected chi connectivity index (χ4v) is 1.77. The van der Waals surface area contributed by atoms with E-state index in [4.69, 9.17) is 5.11 Å². The van der Waals surface area contributed by atoms with Gasteiger partial charge in [0.25, 0.3) is 0 Å². The summed E-state index contributed by atoms with van der Waals surface area (Å²) >= 11 is 3.37. The van der Waals surface area contributed by atoms with Crippen LogP contribution in [0.1, 0.15) is 20.3 Å². The van der Waals surface area contributed by atoms with E-state index in [2.05, 4.69) is 15.9 Å². The SMILES string of the molecule is CN(c1ccc(Br)cc1)C(C)(C)CC(=O)O. The van der Waals surface area contributed by atoms with Crippen LogP contribution in [0.4, 0.5) is 5.69 Å². The molecule has 0 atom stereocenters. The topological polar surface area (TPSA) is 40.5 Å². The predicted octanol–water partition coefficient (Wildman–Crippen LogP) is 3.14. The lowest BCUT2D eigenvalue weighted by Gasteiger charge is -2.36. The van der Waals surface area contributed by atoms with E-state index in [0.29, 0.717) is 0 Å². The molecule has 0 saturated carbocycles. The van der Waals surface area contributed by atoms with Crippen LogP contribution in [-0.2, 0) is 4.79 Å². The molecule has 4 heteroatoms. The summed E-state index contributed by atoms with van der Waals surface area (Å²) in [7, 11) is 1.91. The van der Waals surface area contributed by atoms with E-state index in [1.54, 1.807) is 0 Å². The molecule has 0 saturated heterocycles. The van der Waals surface area contributed by atoms with Gasteiger partial charge in [-0.3, -0.25) is 4.79 Å². The van der Waals surface area contributed by atoms with Crippen LogP contribution in [0.3, 0.4) is 0 Å². The van der Waals surface area contributed by atoms with Crippen molar-refractivity contribution in [2.75, 3.05) is 11.9 Å². The van der Waals surface area contributed by atoms with Crippen molar-refractivity contribution in [1.29, 1.82) is 0 Å². The highest BCUT2D eigenvalue weighted by atomic mass is 79.9. The molecule has 0 unspecified atom stereocenters. The smallest absolute Gasteiger partial charge is 0.305 e. The van der Waals surface area contributed by atoms with E-state index in [-0.39, 0.29) is 6.42 Å². The van der Waals surface area contributed by atoms with E-state index in [1.165, 1.54) is 0 Å². The highest BCUT2D eigenvalue weighted by Gasteiger charge is 2.26. The Kier molecular flexibility index (Phi) is 3.97. The molecule has 1 aromatic carbocycles. The zero-order chi connectivity index (χ0) is 12.3. The number of rotatable bonds is 4. The zero-order valence-corrected chi connectivity index (χ0v) is 11.3. The summed E-state index contributed by atoms with van der Waals surface area (Å²) in [5.74, 6) is -0.783. The highest BCUT2D eigenvalue weighted by molar-refractivity contribution is 9.10. The molecule has 16 heavy (non-hydrogen) atoms. The van der Waals surface area contributed by atoms with Gasteiger partial charge in [-0.2, -0.15) is 0 Å². The zero-order valence-electron chi connectivity index (χ0n) is 9.70. The van der Waals surface area contributed by atoms with Gasteiger partial charge in [0.15, 0.2) is 0 Å². The second-order valence-electron chi connectivity index (χ2n) is 4.42. The molecule has 3 nitrogen and oxygen atoms in total. The molecule has 0 aliphatic carbocycles. The first-order valence-corrected chi connectivity index (χ1v) is 5.83. The lowest BCUT2D eigenvalue weighted by Crippen LogP contribution is -2.43. The molecule has 0 aliphatic heterocycles. The van der Waals surface area contributed by atoms with E-state index >= 15 is 0 Å². The third-order valence-corrected chi connectivity index (χ3v) is 3.23. The quantitative estimate of drug-likeness (QED) is 0.924. The summed E-state index contributed by atoms with van der Waals surface area (Å²) < 4.78 is 1.01. The molecule has 1 N–H and O–H groups in total. The van der Waals surface area contributed by atoms with Crippen molar-refractivity contribution in [3.05, 3.63) is 28.7 Å². The third-order valence-electron chi connectivity index (χ3n) is 2.71. The lowest BCUT2D eigenvalue weighted by molar-refractivity contribution is -0.138. The van der Waals surface area contributed by atoms with Crippen molar-refractivity contribution in [2.45, 2.75) is 25.8 Å². The van der Waals surface area contributed by atoms with Crippen LogP contribution < -0.4 is 4.90 Å². The first kappa shape index (κ1) is 13.0. The predicted molar refractivity (Wildman–Crippen MR) is 68.9 cm³/mol. The van der Waals surface area contributed by atoms with Crippen LogP contribution >= 0.6 is 15.9 Å². The highest BCUT2D eigenvalue weighted by Crippen LogP contribution is 2.26. The lowest BCUT2D eigenvalue weighted by atomic mass is 9.98. The van der Waals surface area contributed by atoms with Crippen LogP contribution in [0.25, 0.3) is 0 Å².